The van der Waals surface area contributed by atoms with Crippen molar-refractivity contribution in [1.82, 2.24) is 10.2 Å². The molecule has 3 N–H and O–H groups in total. The SMILES string of the molecule is COc1ccc(/C=C2/NC(=O)N(CC(=O)Nc3ccccc3F)C2=O)cc1O. The molecule has 28 heavy (non-hydrogen) atoms. The molecule has 1 heterocycles. The Morgan fingerprint density at radius 3 is 2.71 bits per heavy atom. The summed E-state index contributed by atoms with van der Waals surface area (Å²) in [5, 5.41) is 14.5. The zero-order valence-corrected chi connectivity index (χ0v) is 14.7. The number of hydrogen-bond donors (Lipinski definition) is 3. The van der Waals surface area contributed by atoms with Crippen molar-refractivity contribution in [3.05, 3.63) is 59.5 Å². The van der Waals surface area contributed by atoms with Crippen molar-refractivity contribution < 1.29 is 28.6 Å². The summed E-state index contributed by atoms with van der Waals surface area (Å²) in [5.41, 5.74) is 0.330. The summed E-state index contributed by atoms with van der Waals surface area (Å²) in [5.74, 6) is -1.95. The van der Waals surface area contributed by atoms with E-state index < -0.39 is 30.2 Å². The molecule has 3 rings (SSSR count). The van der Waals surface area contributed by atoms with Crippen LogP contribution in [0.5, 0.6) is 11.5 Å². The molecule has 0 atom stereocenters. The number of para-hydroxylation sites is 1. The number of phenolic OH excluding ortho intramolecular Hbond substituents is 1. The van der Waals surface area contributed by atoms with Gasteiger partial charge in [0, 0.05) is 0 Å². The van der Waals surface area contributed by atoms with Crippen LogP contribution in [-0.2, 0) is 9.59 Å². The Hall–Kier alpha value is -3.88. The first kappa shape index (κ1) is 18.9. The van der Waals surface area contributed by atoms with E-state index in [0.29, 0.717) is 10.5 Å². The standard InChI is InChI=1S/C19H16FN3O5/c1-28-16-7-6-11(9-15(16)24)8-14-18(26)23(19(27)22-14)10-17(25)21-13-5-3-2-4-12(13)20/h2-9,24H,10H2,1H3,(H,21,25)(H,22,27)/b14-8+. The van der Waals surface area contributed by atoms with Crippen molar-refractivity contribution in [2.45, 2.75) is 0 Å². The fourth-order valence-electron chi connectivity index (χ4n) is 2.57. The molecule has 0 aliphatic carbocycles. The topological polar surface area (TPSA) is 108 Å². The van der Waals surface area contributed by atoms with Crippen LogP contribution in [0.4, 0.5) is 14.9 Å². The summed E-state index contributed by atoms with van der Waals surface area (Å²) in [7, 11) is 1.40. The number of carbonyl (C=O) groups excluding carboxylic acids is 3. The second kappa shape index (κ2) is 7.78. The maximum atomic E-state index is 13.6. The van der Waals surface area contributed by atoms with Gasteiger partial charge in [-0.1, -0.05) is 18.2 Å². The van der Waals surface area contributed by atoms with Crippen LogP contribution in [0.3, 0.4) is 0 Å². The van der Waals surface area contributed by atoms with Gasteiger partial charge in [-0.3, -0.25) is 9.59 Å². The van der Waals surface area contributed by atoms with Gasteiger partial charge in [-0.05, 0) is 35.9 Å². The van der Waals surface area contributed by atoms with Crippen LogP contribution in [0.2, 0.25) is 0 Å². The van der Waals surface area contributed by atoms with Crippen LogP contribution in [0.1, 0.15) is 5.56 Å². The average Bonchev–Trinajstić information content (AvgIpc) is 2.91. The molecule has 0 aromatic heterocycles. The number of aromatic hydroxyl groups is 1. The lowest BCUT2D eigenvalue weighted by Crippen LogP contribution is -2.38. The van der Waals surface area contributed by atoms with Crippen LogP contribution in [0.25, 0.3) is 6.08 Å². The van der Waals surface area contributed by atoms with Gasteiger partial charge in [-0.25, -0.2) is 14.1 Å². The summed E-state index contributed by atoms with van der Waals surface area (Å²) in [6.07, 6.45) is 1.36. The number of imide groups is 1. The first-order valence-electron chi connectivity index (χ1n) is 8.15. The zero-order valence-electron chi connectivity index (χ0n) is 14.7. The molecule has 1 aliphatic rings. The monoisotopic (exact) mass is 385 g/mol. The van der Waals surface area contributed by atoms with Crippen molar-refractivity contribution in [2.24, 2.45) is 0 Å². The minimum atomic E-state index is -0.780. The first-order chi connectivity index (χ1) is 13.4. The molecule has 2 aromatic carbocycles. The predicted molar refractivity (Wildman–Crippen MR) is 97.9 cm³/mol. The molecule has 1 aliphatic heterocycles. The van der Waals surface area contributed by atoms with Crippen molar-refractivity contribution in [3.8, 4) is 11.5 Å². The number of ether oxygens (including phenoxy) is 1. The Labute approximate surface area is 159 Å². The number of phenols is 1. The number of hydrogen-bond acceptors (Lipinski definition) is 5. The second-order valence-corrected chi connectivity index (χ2v) is 5.84. The van der Waals surface area contributed by atoms with Crippen molar-refractivity contribution >= 4 is 29.6 Å². The van der Waals surface area contributed by atoms with E-state index in [1.54, 1.807) is 6.07 Å². The van der Waals surface area contributed by atoms with Gasteiger partial charge < -0.3 is 20.5 Å². The Kier molecular flexibility index (Phi) is 5.25. The summed E-state index contributed by atoms with van der Waals surface area (Å²) in [4.78, 5) is 37.2. The van der Waals surface area contributed by atoms with Crippen LogP contribution >= 0.6 is 0 Å². The Bertz CT molecular complexity index is 989. The van der Waals surface area contributed by atoms with E-state index >= 15 is 0 Å². The molecule has 4 amide bonds. The van der Waals surface area contributed by atoms with E-state index in [4.69, 9.17) is 4.74 Å². The predicted octanol–water partition coefficient (Wildman–Crippen LogP) is 2.07. The molecule has 1 saturated heterocycles. The number of halogens is 1. The zero-order chi connectivity index (χ0) is 20.3. The summed E-state index contributed by atoms with van der Waals surface area (Å²) in [6, 6.07) is 9.21. The Balaban J connectivity index is 1.72. The molecule has 0 radical (unpaired) electrons. The highest BCUT2D eigenvalue weighted by atomic mass is 19.1. The van der Waals surface area contributed by atoms with Gasteiger partial charge in [0.25, 0.3) is 5.91 Å². The van der Waals surface area contributed by atoms with Gasteiger partial charge >= 0.3 is 6.03 Å². The summed E-state index contributed by atoms with van der Waals surface area (Å²) >= 11 is 0. The van der Waals surface area contributed by atoms with Crippen molar-refractivity contribution in [1.29, 1.82) is 0 Å². The summed E-state index contributed by atoms with van der Waals surface area (Å²) < 4.78 is 18.5. The highest BCUT2D eigenvalue weighted by Crippen LogP contribution is 2.27. The number of benzene rings is 2. The fourth-order valence-corrected chi connectivity index (χ4v) is 2.57. The third-order valence-electron chi connectivity index (χ3n) is 3.93. The molecule has 1 fully saturated rings. The van der Waals surface area contributed by atoms with Crippen molar-refractivity contribution in [2.75, 3.05) is 19.0 Å². The van der Waals surface area contributed by atoms with E-state index in [-0.39, 0.29) is 22.9 Å². The van der Waals surface area contributed by atoms with E-state index in [9.17, 15) is 23.9 Å². The van der Waals surface area contributed by atoms with Gasteiger partial charge in [-0.2, -0.15) is 0 Å². The lowest BCUT2D eigenvalue weighted by Gasteiger charge is -2.12. The number of carbonyl (C=O) groups is 3. The smallest absolute Gasteiger partial charge is 0.329 e. The van der Waals surface area contributed by atoms with Crippen LogP contribution in [0.15, 0.2) is 48.2 Å². The third kappa shape index (κ3) is 3.93. The largest absolute Gasteiger partial charge is 0.504 e. The Morgan fingerprint density at radius 2 is 2.04 bits per heavy atom. The molecular formula is C19H16FN3O5. The van der Waals surface area contributed by atoms with Gasteiger partial charge in [0.1, 0.15) is 18.1 Å². The lowest BCUT2D eigenvalue weighted by atomic mass is 10.1. The highest BCUT2D eigenvalue weighted by Gasteiger charge is 2.35. The number of amides is 4. The maximum Gasteiger partial charge on any atom is 0.329 e. The average molecular weight is 385 g/mol. The molecule has 0 spiro atoms. The van der Waals surface area contributed by atoms with E-state index in [1.807, 2.05) is 0 Å². The van der Waals surface area contributed by atoms with Gasteiger partial charge in [0.15, 0.2) is 11.5 Å². The van der Waals surface area contributed by atoms with Gasteiger partial charge in [-0.15, -0.1) is 0 Å². The van der Waals surface area contributed by atoms with E-state index in [0.717, 1.165) is 0 Å². The van der Waals surface area contributed by atoms with Crippen molar-refractivity contribution in [3.63, 3.8) is 0 Å². The molecule has 144 valence electrons. The Morgan fingerprint density at radius 1 is 1.29 bits per heavy atom. The van der Waals surface area contributed by atoms with Gasteiger partial charge in [0.05, 0.1) is 12.8 Å². The summed E-state index contributed by atoms with van der Waals surface area (Å²) in [6.45, 7) is -0.579. The molecule has 8 nitrogen and oxygen atoms in total. The molecule has 0 unspecified atom stereocenters. The maximum absolute atomic E-state index is 13.6. The number of urea groups is 1. The molecule has 9 heteroatoms. The highest BCUT2D eigenvalue weighted by molar-refractivity contribution is 6.15. The lowest BCUT2D eigenvalue weighted by molar-refractivity contribution is -0.127. The minimum Gasteiger partial charge on any atom is -0.504 e. The fraction of sp³-hybridized carbons (Fsp3) is 0.105. The van der Waals surface area contributed by atoms with Gasteiger partial charge in [0.2, 0.25) is 5.91 Å². The molecule has 0 saturated carbocycles. The minimum absolute atomic E-state index is 0.0518. The number of methoxy groups -OCH3 is 1. The molecular weight excluding hydrogens is 369 g/mol. The molecule has 0 bridgehead atoms. The molecule has 2 aromatic rings. The quantitative estimate of drug-likeness (QED) is 0.539. The number of rotatable bonds is 5. The van der Waals surface area contributed by atoms with E-state index in [2.05, 4.69) is 10.6 Å². The normalized spacial score (nSPS) is 14.9. The third-order valence-corrected chi connectivity index (χ3v) is 3.93. The first-order valence-corrected chi connectivity index (χ1v) is 8.15. The number of anilines is 1. The van der Waals surface area contributed by atoms with Crippen LogP contribution < -0.4 is 15.4 Å². The number of nitrogens with one attached hydrogen (secondary N) is 2. The number of nitrogens with zero attached hydrogens (tertiary/aromatic N) is 1. The van der Waals surface area contributed by atoms with Crippen LogP contribution in [-0.4, -0.2) is 41.5 Å². The second-order valence-electron chi connectivity index (χ2n) is 5.84. The van der Waals surface area contributed by atoms with E-state index in [1.165, 1.54) is 49.6 Å². The van der Waals surface area contributed by atoms with Crippen LogP contribution in [0, 0.1) is 5.82 Å².